The number of anilines is 2. The molecule has 5 aliphatic heterocycles. The molecule has 0 bridgehead atoms. The lowest BCUT2D eigenvalue weighted by atomic mass is 9.77. The average molecular weight is 893 g/mol. The summed E-state index contributed by atoms with van der Waals surface area (Å²) in [4.78, 5) is 70.4. The Morgan fingerprint density at radius 3 is 2.29 bits per heavy atom. The molecule has 1 unspecified atom stereocenters. The van der Waals surface area contributed by atoms with E-state index in [0.29, 0.717) is 63.7 Å². The third kappa shape index (κ3) is 8.28. The van der Waals surface area contributed by atoms with Crippen LogP contribution in [0.15, 0.2) is 66.9 Å². The number of halogens is 2. The molecule has 1 N–H and O–H groups in total. The molecule has 326 valence electrons. The number of hydrogen-bond donors (Lipinski definition) is 1. The fourth-order valence-corrected chi connectivity index (χ4v) is 9.44. The Balaban J connectivity index is 0.721. The first-order chi connectivity index (χ1) is 30.4. The maximum Gasteiger partial charge on any atom is 0.262 e. The molecule has 4 amide bonds. The van der Waals surface area contributed by atoms with Gasteiger partial charge in [-0.15, -0.1) is 11.6 Å². The summed E-state index contributed by atoms with van der Waals surface area (Å²) in [5.41, 5.74) is 4.12. The van der Waals surface area contributed by atoms with Gasteiger partial charge in [0.15, 0.2) is 5.75 Å². The predicted molar refractivity (Wildman–Crippen MR) is 236 cm³/mol. The van der Waals surface area contributed by atoms with Gasteiger partial charge < -0.3 is 19.3 Å². The number of piperidine rings is 1. The number of carbonyl (C=O) groups is 4. The van der Waals surface area contributed by atoms with E-state index < -0.39 is 35.1 Å². The average Bonchev–Trinajstić information content (AvgIpc) is 3.50. The zero-order valence-corrected chi connectivity index (χ0v) is 36.6. The Kier molecular flexibility index (Phi) is 11.7. The van der Waals surface area contributed by atoms with Crippen molar-refractivity contribution in [1.29, 1.82) is 5.26 Å². The van der Waals surface area contributed by atoms with E-state index >= 15 is 0 Å². The highest BCUT2D eigenvalue weighted by atomic mass is 35.5. The summed E-state index contributed by atoms with van der Waals surface area (Å²) >= 11 is 12.3. The highest BCUT2D eigenvalue weighted by Crippen LogP contribution is 2.39. The lowest BCUT2D eigenvalue weighted by molar-refractivity contribution is -0.136. The van der Waals surface area contributed by atoms with Crippen LogP contribution in [0.3, 0.4) is 0 Å². The van der Waals surface area contributed by atoms with E-state index in [1.54, 1.807) is 18.3 Å². The van der Waals surface area contributed by atoms with Crippen LogP contribution in [0, 0.1) is 11.3 Å². The van der Waals surface area contributed by atoms with Gasteiger partial charge >= 0.3 is 0 Å². The minimum absolute atomic E-state index is 0.0907. The molecule has 6 heterocycles. The fraction of sp³-hybridized carbons (Fsp3) is 0.413. The molecule has 5 aliphatic rings. The Labute approximate surface area is 375 Å². The number of nitriles is 1. The molecule has 0 saturated carbocycles. The van der Waals surface area contributed by atoms with Gasteiger partial charge in [-0.1, -0.05) is 37.6 Å². The molecule has 0 aliphatic carbocycles. The van der Waals surface area contributed by atoms with Crippen LogP contribution in [0.4, 0.5) is 11.6 Å². The number of fused-ring (bicyclic) bond motifs is 1. The number of alkyl halides is 1. The van der Waals surface area contributed by atoms with Gasteiger partial charge in [0.2, 0.25) is 17.8 Å². The molecule has 15 nitrogen and oxygen atoms in total. The first-order valence-corrected chi connectivity index (χ1v) is 22.1. The molecule has 4 fully saturated rings. The van der Waals surface area contributed by atoms with Crippen molar-refractivity contribution in [1.82, 2.24) is 30.0 Å². The molecule has 1 atom stereocenters. The lowest BCUT2D eigenvalue weighted by Crippen LogP contribution is -2.71. The number of nitrogens with one attached hydrogen (secondary N) is 1. The van der Waals surface area contributed by atoms with E-state index in [0.717, 1.165) is 79.8 Å². The third-order valence-electron chi connectivity index (χ3n) is 13.0. The van der Waals surface area contributed by atoms with Crippen molar-refractivity contribution in [2.24, 2.45) is 0 Å². The molecule has 1 aromatic heterocycles. The summed E-state index contributed by atoms with van der Waals surface area (Å²) in [6.07, 6.45) is 2.01. The van der Waals surface area contributed by atoms with E-state index in [-0.39, 0.29) is 19.4 Å². The van der Waals surface area contributed by atoms with Gasteiger partial charge in [-0.2, -0.15) is 5.26 Å². The van der Waals surface area contributed by atoms with Crippen molar-refractivity contribution in [3.05, 3.63) is 105 Å². The number of aromatic nitrogens is 2. The quantitative estimate of drug-likeness (QED) is 0.146. The summed E-state index contributed by atoms with van der Waals surface area (Å²) in [6.45, 7) is 11.9. The van der Waals surface area contributed by atoms with Gasteiger partial charge in [0, 0.05) is 88.2 Å². The smallest absolute Gasteiger partial charge is 0.262 e. The monoisotopic (exact) mass is 891 g/mol. The Morgan fingerprint density at radius 2 is 1.57 bits per heavy atom. The van der Waals surface area contributed by atoms with Crippen LogP contribution < -0.4 is 24.6 Å². The van der Waals surface area contributed by atoms with Crippen molar-refractivity contribution < 1.29 is 28.7 Å². The number of ether oxygens (including phenoxy) is 2. The van der Waals surface area contributed by atoms with Gasteiger partial charge in [-0.05, 0) is 66.1 Å². The molecule has 0 radical (unpaired) electrons. The largest absolute Gasteiger partial charge is 0.489 e. The number of nitrogens with zero attached hydrogens (tertiary/aromatic N) is 8. The van der Waals surface area contributed by atoms with Crippen LogP contribution in [0.2, 0.25) is 5.02 Å². The van der Waals surface area contributed by atoms with Crippen LogP contribution in [0.25, 0.3) is 0 Å². The van der Waals surface area contributed by atoms with Crippen LogP contribution in [0.5, 0.6) is 11.5 Å². The minimum atomic E-state index is -0.973. The highest BCUT2D eigenvalue weighted by Gasteiger charge is 2.46. The van der Waals surface area contributed by atoms with Crippen molar-refractivity contribution in [2.75, 3.05) is 74.6 Å². The van der Waals surface area contributed by atoms with E-state index in [9.17, 15) is 24.4 Å². The number of piperazine rings is 1. The van der Waals surface area contributed by atoms with Crippen LogP contribution in [-0.2, 0) is 21.6 Å². The lowest BCUT2D eigenvalue weighted by Gasteiger charge is -2.55. The molecular formula is C46H47Cl2N9O6. The molecule has 9 rings (SSSR count). The number of amides is 4. The summed E-state index contributed by atoms with van der Waals surface area (Å²) in [7, 11) is 0. The Hall–Kier alpha value is -5.79. The van der Waals surface area contributed by atoms with Crippen molar-refractivity contribution in [3.8, 4) is 17.6 Å². The number of hydrogen-bond acceptors (Lipinski definition) is 13. The second-order valence-corrected chi connectivity index (χ2v) is 17.9. The van der Waals surface area contributed by atoms with Gasteiger partial charge in [0.1, 0.15) is 31.1 Å². The number of benzene rings is 3. The molecule has 4 saturated heterocycles. The predicted octanol–water partition coefficient (Wildman–Crippen LogP) is 4.62. The SMILES string of the molecule is CC(C)(c1ccc(OCc2ccnc(N3CCN(C4CN(C5CN(c6ccc7c(c6)C(=O)N(C6CCC(=O)NC6=O)C7=O)C5)C4)CC3)n2)cc1)c1cc(Cl)c(OCCCl)c(C#N)c1. The van der Waals surface area contributed by atoms with Crippen molar-refractivity contribution in [3.63, 3.8) is 0 Å². The molecular weight excluding hydrogens is 845 g/mol. The van der Waals surface area contributed by atoms with Gasteiger partial charge in [0.25, 0.3) is 11.8 Å². The van der Waals surface area contributed by atoms with E-state index in [1.165, 1.54) is 0 Å². The van der Waals surface area contributed by atoms with Gasteiger partial charge in [0.05, 0.1) is 33.3 Å². The third-order valence-corrected chi connectivity index (χ3v) is 13.5. The van der Waals surface area contributed by atoms with Crippen LogP contribution in [-0.4, -0.2) is 131 Å². The van der Waals surface area contributed by atoms with Gasteiger partial charge in [-0.25, -0.2) is 9.97 Å². The normalized spacial score (nSPS) is 20.0. The zero-order valence-electron chi connectivity index (χ0n) is 35.1. The zero-order chi connectivity index (χ0) is 44.0. The summed E-state index contributed by atoms with van der Waals surface area (Å²) < 4.78 is 11.8. The standard InChI is InChI=1S/C46H47Cl2N9O6/c1-46(2,30-19-28(22-49)41(38(48)20-30)62-18-12-47)29-3-6-35(7-4-29)63-27-31-11-13-50-45(51-31)54-16-14-53(15-17-54)33-23-56(24-33)34-25-55(26-34)32-5-8-36-37(21-32)44(61)57(43(36)60)39-9-10-40(58)52-42(39)59/h3-8,11,13,19-21,33-34,39H,9-10,12,14-18,23-27H2,1-2H3,(H,52,58,59). The second kappa shape index (κ2) is 17.4. The molecule has 63 heavy (non-hydrogen) atoms. The molecule has 17 heteroatoms. The van der Waals surface area contributed by atoms with Gasteiger partial charge in [-0.3, -0.25) is 39.2 Å². The van der Waals surface area contributed by atoms with Crippen LogP contribution >= 0.6 is 23.2 Å². The number of rotatable bonds is 13. The maximum atomic E-state index is 13.3. The maximum absolute atomic E-state index is 13.3. The van der Waals surface area contributed by atoms with E-state index in [2.05, 4.69) is 49.8 Å². The number of imide groups is 2. The number of carbonyl (C=O) groups excluding carboxylic acids is 4. The highest BCUT2D eigenvalue weighted by molar-refractivity contribution is 6.32. The Morgan fingerprint density at radius 1 is 0.841 bits per heavy atom. The first kappa shape index (κ1) is 42.5. The minimum Gasteiger partial charge on any atom is -0.489 e. The van der Waals surface area contributed by atoms with Crippen molar-refractivity contribution in [2.45, 2.75) is 56.8 Å². The summed E-state index contributed by atoms with van der Waals surface area (Å²) in [5, 5.41) is 12.4. The Bertz CT molecular complexity index is 2490. The summed E-state index contributed by atoms with van der Waals surface area (Å²) in [5.74, 6) is 0.0797. The summed E-state index contributed by atoms with van der Waals surface area (Å²) in [6, 6.07) is 20.9. The number of likely N-dealkylation sites (tertiary alicyclic amines) is 1. The molecule has 0 spiro atoms. The first-order valence-electron chi connectivity index (χ1n) is 21.2. The molecule has 4 aromatic rings. The van der Waals surface area contributed by atoms with E-state index in [1.807, 2.05) is 48.5 Å². The second-order valence-electron chi connectivity index (χ2n) is 17.1. The van der Waals surface area contributed by atoms with Crippen LogP contribution in [0.1, 0.15) is 69.8 Å². The fourth-order valence-electron chi connectivity index (χ4n) is 9.09. The molecule has 3 aromatic carbocycles. The topological polar surface area (TPSA) is 165 Å². The van der Waals surface area contributed by atoms with E-state index in [4.69, 9.17) is 37.7 Å². The van der Waals surface area contributed by atoms with Crippen molar-refractivity contribution >= 4 is 58.5 Å².